The summed E-state index contributed by atoms with van der Waals surface area (Å²) in [5.41, 5.74) is 0.989. The summed E-state index contributed by atoms with van der Waals surface area (Å²) in [5, 5.41) is 0. The molecule has 0 heterocycles. The third-order valence-electron chi connectivity index (χ3n) is 2.46. The largest absolute Gasteiger partial charge is 0.219 e. The highest BCUT2D eigenvalue weighted by atomic mass is 32.2. The van der Waals surface area contributed by atoms with Crippen LogP contribution in [0.5, 0.6) is 0 Å². The first-order valence-corrected chi connectivity index (χ1v) is 6.56. The molecule has 17 heavy (non-hydrogen) atoms. The van der Waals surface area contributed by atoms with Crippen molar-refractivity contribution in [3.8, 4) is 0 Å². The van der Waals surface area contributed by atoms with Gasteiger partial charge in [0.2, 0.25) is 9.84 Å². The second kappa shape index (κ2) is 4.30. The Morgan fingerprint density at radius 2 is 1.24 bits per heavy atom. The van der Waals surface area contributed by atoms with E-state index < -0.39 is 15.7 Å². The lowest BCUT2D eigenvalue weighted by Gasteiger charge is -2.04. The standard InChI is InChI=1S/C13H11FO2S/c1-10-2-6-12(7-3-10)17(15,16)13-8-4-11(14)5-9-13/h2-9H,1H3. The quantitative estimate of drug-likeness (QED) is 0.768. The van der Waals surface area contributed by atoms with Gasteiger partial charge in [0.1, 0.15) is 5.82 Å². The zero-order chi connectivity index (χ0) is 12.5. The lowest BCUT2D eigenvalue weighted by atomic mass is 10.2. The topological polar surface area (TPSA) is 34.1 Å². The zero-order valence-electron chi connectivity index (χ0n) is 9.22. The molecule has 0 fully saturated rings. The van der Waals surface area contributed by atoms with Gasteiger partial charge in [-0.1, -0.05) is 17.7 Å². The van der Waals surface area contributed by atoms with Gasteiger partial charge in [-0.3, -0.25) is 0 Å². The van der Waals surface area contributed by atoms with Gasteiger partial charge in [-0.25, -0.2) is 12.8 Å². The third-order valence-corrected chi connectivity index (χ3v) is 4.24. The van der Waals surface area contributed by atoms with E-state index in [1.165, 1.54) is 12.1 Å². The Kier molecular flexibility index (Phi) is 2.98. The summed E-state index contributed by atoms with van der Waals surface area (Å²) in [6.45, 7) is 1.88. The maximum absolute atomic E-state index is 12.7. The summed E-state index contributed by atoms with van der Waals surface area (Å²) in [4.78, 5) is 0.317. The van der Waals surface area contributed by atoms with Gasteiger partial charge in [0.05, 0.1) is 9.79 Å². The zero-order valence-corrected chi connectivity index (χ0v) is 10.0. The summed E-state index contributed by atoms with van der Waals surface area (Å²) >= 11 is 0. The van der Waals surface area contributed by atoms with Gasteiger partial charge < -0.3 is 0 Å². The van der Waals surface area contributed by atoms with Crippen molar-refractivity contribution in [1.82, 2.24) is 0 Å². The first-order valence-electron chi connectivity index (χ1n) is 5.07. The van der Waals surface area contributed by atoms with E-state index in [2.05, 4.69) is 0 Å². The maximum atomic E-state index is 12.7. The predicted molar refractivity (Wildman–Crippen MR) is 63.0 cm³/mol. The summed E-state index contributed by atoms with van der Waals surface area (Å²) < 4.78 is 37.0. The Hall–Kier alpha value is -1.68. The van der Waals surface area contributed by atoms with E-state index in [9.17, 15) is 12.8 Å². The van der Waals surface area contributed by atoms with Crippen molar-refractivity contribution < 1.29 is 12.8 Å². The average Bonchev–Trinajstić information content (AvgIpc) is 2.30. The van der Waals surface area contributed by atoms with Crippen LogP contribution in [0.1, 0.15) is 5.56 Å². The summed E-state index contributed by atoms with van der Waals surface area (Å²) in [7, 11) is -3.54. The number of sulfone groups is 1. The van der Waals surface area contributed by atoms with Crippen molar-refractivity contribution in [3.63, 3.8) is 0 Å². The number of hydrogen-bond donors (Lipinski definition) is 0. The molecule has 0 spiro atoms. The number of rotatable bonds is 2. The average molecular weight is 250 g/mol. The van der Waals surface area contributed by atoms with Crippen LogP contribution in [-0.2, 0) is 9.84 Å². The van der Waals surface area contributed by atoms with Gasteiger partial charge in [-0.05, 0) is 43.3 Å². The monoisotopic (exact) mass is 250 g/mol. The number of hydrogen-bond acceptors (Lipinski definition) is 2. The van der Waals surface area contributed by atoms with Crippen LogP contribution in [0.2, 0.25) is 0 Å². The van der Waals surface area contributed by atoms with Crippen LogP contribution < -0.4 is 0 Å². The first-order chi connectivity index (χ1) is 8.00. The van der Waals surface area contributed by atoms with E-state index >= 15 is 0 Å². The highest BCUT2D eigenvalue weighted by Gasteiger charge is 2.16. The molecule has 2 nitrogen and oxygen atoms in total. The molecular formula is C13H11FO2S. The van der Waals surface area contributed by atoms with Crippen molar-refractivity contribution in [2.24, 2.45) is 0 Å². The molecule has 0 amide bonds. The minimum atomic E-state index is -3.54. The van der Waals surface area contributed by atoms with Crippen molar-refractivity contribution in [2.75, 3.05) is 0 Å². The van der Waals surface area contributed by atoms with Crippen LogP contribution in [-0.4, -0.2) is 8.42 Å². The second-order valence-corrected chi connectivity index (χ2v) is 5.72. The van der Waals surface area contributed by atoms with Gasteiger partial charge in [0.15, 0.2) is 0 Å². The number of aryl methyl sites for hydroxylation is 1. The van der Waals surface area contributed by atoms with E-state index in [0.717, 1.165) is 17.7 Å². The maximum Gasteiger partial charge on any atom is 0.206 e. The fraction of sp³-hybridized carbons (Fsp3) is 0.0769. The molecule has 2 aromatic rings. The van der Waals surface area contributed by atoms with Crippen molar-refractivity contribution >= 4 is 9.84 Å². The minimum absolute atomic E-state index is 0.0998. The Morgan fingerprint density at radius 3 is 1.71 bits per heavy atom. The SMILES string of the molecule is Cc1ccc(S(=O)(=O)c2ccc(F)cc2)cc1. The van der Waals surface area contributed by atoms with Crippen molar-refractivity contribution in [2.45, 2.75) is 16.7 Å². The third kappa shape index (κ3) is 2.36. The van der Waals surface area contributed by atoms with Crippen LogP contribution in [0, 0.1) is 12.7 Å². The Bertz CT molecular complexity index is 562. The van der Waals surface area contributed by atoms with Gasteiger partial charge in [0, 0.05) is 0 Å². The number of halogens is 1. The van der Waals surface area contributed by atoms with Gasteiger partial charge >= 0.3 is 0 Å². The highest BCUT2D eigenvalue weighted by molar-refractivity contribution is 7.91. The molecule has 2 rings (SSSR count). The van der Waals surface area contributed by atoms with E-state index in [0.29, 0.717) is 0 Å². The van der Waals surface area contributed by atoms with E-state index in [1.54, 1.807) is 24.3 Å². The lowest BCUT2D eigenvalue weighted by Crippen LogP contribution is -2.01. The molecule has 0 atom stereocenters. The van der Waals surface area contributed by atoms with Crippen LogP contribution in [0.4, 0.5) is 4.39 Å². The van der Waals surface area contributed by atoms with Gasteiger partial charge in [0.25, 0.3) is 0 Å². The molecule has 0 radical (unpaired) electrons. The smallest absolute Gasteiger partial charge is 0.206 e. The van der Waals surface area contributed by atoms with E-state index in [-0.39, 0.29) is 9.79 Å². The van der Waals surface area contributed by atoms with Gasteiger partial charge in [-0.2, -0.15) is 0 Å². The van der Waals surface area contributed by atoms with Crippen LogP contribution in [0.25, 0.3) is 0 Å². The molecule has 0 bridgehead atoms. The molecular weight excluding hydrogens is 239 g/mol. The molecule has 4 heteroatoms. The number of benzene rings is 2. The van der Waals surface area contributed by atoms with Gasteiger partial charge in [-0.15, -0.1) is 0 Å². The Labute approximate surface area is 99.6 Å². The fourth-order valence-electron chi connectivity index (χ4n) is 1.47. The second-order valence-electron chi connectivity index (χ2n) is 3.77. The molecule has 2 aromatic carbocycles. The molecule has 0 unspecified atom stereocenters. The van der Waals surface area contributed by atoms with E-state index in [4.69, 9.17) is 0 Å². The Balaban J connectivity index is 2.50. The molecule has 0 N–H and O–H groups in total. The lowest BCUT2D eigenvalue weighted by molar-refractivity contribution is 0.594. The molecule has 0 aliphatic carbocycles. The normalized spacial score (nSPS) is 11.4. The molecule has 0 aliphatic heterocycles. The van der Waals surface area contributed by atoms with Crippen molar-refractivity contribution in [1.29, 1.82) is 0 Å². The summed E-state index contributed by atoms with van der Waals surface area (Å²) in [6, 6.07) is 11.4. The Morgan fingerprint density at radius 1 is 0.824 bits per heavy atom. The van der Waals surface area contributed by atoms with Crippen LogP contribution >= 0.6 is 0 Å². The minimum Gasteiger partial charge on any atom is -0.219 e. The molecule has 88 valence electrons. The predicted octanol–water partition coefficient (Wildman–Crippen LogP) is 2.97. The fourth-order valence-corrected chi connectivity index (χ4v) is 2.73. The highest BCUT2D eigenvalue weighted by Crippen LogP contribution is 2.21. The molecule has 0 aromatic heterocycles. The summed E-state index contributed by atoms with van der Waals surface area (Å²) in [6.07, 6.45) is 0. The van der Waals surface area contributed by atoms with Crippen molar-refractivity contribution in [3.05, 3.63) is 59.9 Å². The van der Waals surface area contributed by atoms with E-state index in [1.807, 2.05) is 6.92 Å². The molecule has 0 saturated heterocycles. The molecule has 0 saturated carbocycles. The van der Waals surface area contributed by atoms with Crippen LogP contribution in [0.15, 0.2) is 58.3 Å². The van der Waals surface area contributed by atoms with Crippen LogP contribution in [0.3, 0.4) is 0 Å². The summed E-state index contributed by atoms with van der Waals surface area (Å²) in [5.74, 6) is -0.451. The molecule has 0 aliphatic rings. The first kappa shape index (κ1) is 11.8.